The molecule has 0 amide bonds. The van der Waals surface area contributed by atoms with Crippen molar-refractivity contribution in [2.75, 3.05) is 6.61 Å². The number of fused-ring (bicyclic) bond motifs is 1. The average molecular weight is 353 g/mol. The zero-order valence-corrected chi connectivity index (χ0v) is 14.6. The lowest BCUT2D eigenvalue weighted by atomic mass is 9.71. The number of H-pyrrole nitrogens is 1. The van der Waals surface area contributed by atoms with E-state index in [-0.39, 0.29) is 17.5 Å². The van der Waals surface area contributed by atoms with E-state index in [0.717, 1.165) is 5.39 Å². The van der Waals surface area contributed by atoms with Gasteiger partial charge in [-0.15, -0.1) is 0 Å². The topological polar surface area (TPSA) is 68.1 Å². The van der Waals surface area contributed by atoms with Gasteiger partial charge in [0.05, 0.1) is 17.1 Å². The SMILES string of the molecule is CCC1(F)CC(COc2cc3[nH]c(=O)c(C(C)N)cc3cc2Cl)C1. The first-order valence-electron chi connectivity index (χ1n) is 8.25. The predicted molar refractivity (Wildman–Crippen MR) is 94.5 cm³/mol. The fourth-order valence-electron chi connectivity index (χ4n) is 3.26. The van der Waals surface area contributed by atoms with Crippen molar-refractivity contribution in [1.82, 2.24) is 4.98 Å². The fourth-order valence-corrected chi connectivity index (χ4v) is 3.49. The third-order valence-corrected chi connectivity index (χ3v) is 5.13. The molecule has 0 spiro atoms. The molecule has 2 aromatic rings. The highest BCUT2D eigenvalue weighted by atomic mass is 35.5. The zero-order valence-electron chi connectivity index (χ0n) is 13.9. The molecule has 1 aromatic carbocycles. The molecule has 1 heterocycles. The van der Waals surface area contributed by atoms with E-state index in [0.29, 0.717) is 47.7 Å². The van der Waals surface area contributed by atoms with Crippen molar-refractivity contribution in [3.8, 4) is 5.75 Å². The summed E-state index contributed by atoms with van der Waals surface area (Å²) in [7, 11) is 0. The molecule has 1 aliphatic rings. The smallest absolute Gasteiger partial charge is 0.253 e. The van der Waals surface area contributed by atoms with Gasteiger partial charge in [0.25, 0.3) is 5.56 Å². The van der Waals surface area contributed by atoms with Crippen molar-refractivity contribution in [3.05, 3.63) is 39.1 Å². The maximum Gasteiger partial charge on any atom is 0.253 e. The van der Waals surface area contributed by atoms with Crippen LogP contribution in [-0.2, 0) is 0 Å². The van der Waals surface area contributed by atoms with Crippen molar-refractivity contribution in [3.63, 3.8) is 0 Å². The Kier molecular flexibility index (Phi) is 4.58. The summed E-state index contributed by atoms with van der Waals surface area (Å²) in [5.41, 5.74) is 5.72. The van der Waals surface area contributed by atoms with Crippen molar-refractivity contribution >= 4 is 22.5 Å². The van der Waals surface area contributed by atoms with Gasteiger partial charge in [-0.25, -0.2) is 4.39 Å². The van der Waals surface area contributed by atoms with Gasteiger partial charge in [0.15, 0.2) is 0 Å². The Morgan fingerprint density at radius 3 is 2.79 bits per heavy atom. The molecular formula is C18H22ClFN2O2. The van der Waals surface area contributed by atoms with Crippen molar-refractivity contribution in [2.45, 2.75) is 44.8 Å². The summed E-state index contributed by atoms with van der Waals surface area (Å²) in [6.07, 6.45) is 1.61. The molecule has 3 N–H and O–H groups in total. The number of aromatic nitrogens is 1. The van der Waals surface area contributed by atoms with Crippen molar-refractivity contribution in [1.29, 1.82) is 0 Å². The Morgan fingerprint density at radius 1 is 1.46 bits per heavy atom. The highest BCUT2D eigenvalue weighted by Crippen LogP contribution is 2.44. The van der Waals surface area contributed by atoms with E-state index in [1.54, 1.807) is 25.1 Å². The van der Waals surface area contributed by atoms with Crippen LogP contribution in [0, 0.1) is 5.92 Å². The van der Waals surface area contributed by atoms with Crippen molar-refractivity contribution < 1.29 is 9.13 Å². The number of rotatable bonds is 5. The maximum absolute atomic E-state index is 13.9. The first-order chi connectivity index (χ1) is 11.3. The Hall–Kier alpha value is -1.59. The lowest BCUT2D eigenvalue weighted by Gasteiger charge is -2.40. The Labute approximate surface area is 145 Å². The molecular weight excluding hydrogens is 331 g/mol. The van der Waals surface area contributed by atoms with Crippen LogP contribution >= 0.6 is 11.6 Å². The van der Waals surface area contributed by atoms with E-state index in [2.05, 4.69) is 4.98 Å². The minimum Gasteiger partial charge on any atom is -0.492 e. The van der Waals surface area contributed by atoms with Crippen LogP contribution in [0.4, 0.5) is 4.39 Å². The van der Waals surface area contributed by atoms with Gasteiger partial charge in [-0.1, -0.05) is 18.5 Å². The van der Waals surface area contributed by atoms with Crippen molar-refractivity contribution in [2.24, 2.45) is 11.7 Å². The number of aromatic amines is 1. The third kappa shape index (κ3) is 3.28. The molecule has 24 heavy (non-hydrogen) atoms. The lowest BCUT2D eigenvalue weighted by molar-refractivity contribution is -0.0159. The molecule has 4 nitrogen and oxygen atoms in total. The van der Waals surface area contributed by atoms with Crippen LogP contribution in [0.2, 0.25) is 5.02 Å². The van der Waals surface area contributed by atoms with E-state index in [4.69, 9.17) is 22.1 Å². The second kappa shape index (κ2) is 6.37. The first kappa shape index (κ1) is 17.2. The van der Waals surface area contributed by atoms with Crippen LogP contribution in [0.3, 0.4) is 0 Å². The van der Waals surface area contributed by atoms with Gasteiger partial charge in [-0.2, -0.15) is 0 Å². The van der Waals surface area contributed by atoms with Crippen LogP contribution in [0.5, 0.6) is 5.75 Å². The minimum atomic E-state index is -1.03. The average Bonchev–Trinajstić information content (AvgIpc) is 2.50. The Balaban J connectivity index is 1.78. The molecule has 1 saturated carbocycles. The number of hydrogen-bond acceptors (Lipinski definition) is 3. The molecule has 0 aliphatic heterocycles. The number of benzene rings is 1. The molecule has 0 bridgehead atoms. The molecule has 6 heteroatoms. The third-order valence-electron chi connectivity index (χ3n) is 4.83. The van der Waals surface area contributed by atoms with Crippen LogP contribution in [0.1, 0.15) is 44.7 Å². The Bertz CT molecular complexity index is 813. The van der Waals surface area contributed by atoms with Gasteiger partial charge in [0.2, 0.25) is 0 Å². The minimum absolute atomic E-state index is 0.209. The summed E-state index contributed by atoms with van der Waals surface area (Å²) in [4.78, 5) is 14.9. The summed E-state index contributed by atoms with van der Waals surface area (Å²) in [6, 6.07) is 4.86. The number of ether oxygens (including phenoxy) is 1. The van der Waals surface area contributed by atoms with Gasteiger partial charge in [0, 0.05) is 23.1 Å². The number of hydrogen-bond donors (Lipinski definition) is 2. The normalized spacial score (nSPS) is 24.6. The summed E-state index contributed by atoms with van der Waals surface area (Å²) in [5, 5.41) is 1.27. The molecule has 1 fully saturated rings. The number of nitrogens with one attached hydrogen (secondary N) is 1. The lowest BCUT2D eigenvalue weighted by Crippen LogP contribution is -2.41. The monoisotopic (exact) mass is 352 g/mol. The van der Waals surface area contributed by atoms with Gasteiger partial charge < -0.3 is 15.5 Å². The molecule has 3 rings (SSSR count). The summed E-state index contributed by atoms with van der Waals surface area (Å²) in [5.74, 6) is 0.711. The maximum atomic E-state index is 13.9. The van der Waals surface area contributed by atoms with Crippen LogP contribution in [0.15, 0.2) is 23.0 Å². The fraction of sp³-hybridized carbons (Fsp3) is 0.500. The van der Waals surface area contributed by atoms with Gasteiger partial charge in [-0.3, -0.25) is 4.79 Å². The number of nitrogens with two attached hydrogens (primary N) is 1. The number of pyridine rings is 1. The quantitative estimate of drug-likeness (QED) is 0.850. The number of halogens is 2. The summed E-state index contributed by atoms with van der Waals surface area (Å²) in [6.45, 7) is 4.05. The van der Waals surface area contributed by atoms with E-state index in [1.165, 1.54) is 0 Å². The summed E-state index contributed by atoms with van der Waals surface area (Å²) < 4.78 is 19.7. The molecule has 0 saturated heterocycles. The van der Waals surface area contributed by atoms with Crippen LogP contribution in [-0.4, -0.2) is 17.3 Å². The van der Waals surface area contributed by atoms with Crippen LogP contribution in [0.25, 0.3) is 10.9 Å². The van der Waals surface area contributed by atoms with E-state index in [9.17, 15) is 9.18 Å². The van der Waals surface area contributed by atoms with Gasteiger partial charge in [0.1, 0.15) is 11.4 Å². The number of alkyl halides is 1. The molecule has 1 aliphatic carbocycles. The molecule has 1 aromatic heterocycles. The highest BCUT2D eigenvalue weighted by molar-refractivity contribution is 6.32. The summed E-state index contributed by atoms with van der Waals surface area (Å²) >= 11 is 6.28. The van der Waals surface area contributed by atoms with E-state index in [1.807, 2.05) is 6.92 Å². The van der Waals surface area contributed by atoms with Gasteiger partial charge >= 0.3 is 0 Å². The second-order valence-electron chi connectivity index (χ2n) is 6.80. The van der Waals surface area contributed by atoms with Gasteiger partial charge in [-0.05, 0) is 44.2 Å². The van der Waals surface area contributed by atoms with E-state index < -0.39 is 5.67 Å². The predicted octanol–water partition coefficient (Wildman–Crippen LogP) is 4.11. The van der Waals surface area contributed by atoms with Crippen LogP contribution < -0.4 is 16.0 Å². The second-order valence-corrected chi connectivity index (χ2v) is 7.21. The largest absolute Gasteiger partial charge is 0.492 e. The molecule has 130 valence electrons. The molecule has 1 unspecified atom stereocenters. The standard InChI is InChI=1S/C18H22ClFN2O2/c1-3-18(20)7-11(8-18)9-24-16-6-15-12(5-14(16)19)4-13(10(2)21)17(23)22-15/h4-6,10-11H,3,7-9,21H2,1-2H3,(H,22,23). The first-order valence-corrected chi connectivity index (χ1v) is 8.63. The Morgan fingerprint density at radius 2 is 2.17 bits per heavy atom. The highest BCUT2D eigenvalue weighted by Gasteiger charge is 2.43. The van der Waals surface area contributed by atoms with E-state index >= 15 is 0 Å². The molecule has 1 atom stereocenters. The zero-order chi connectivity index (χ0) is 17.5. The molecule has 0 radical (unpaired) electrons.